The number of halogens is 3. The van der Waals surface area contributed by atoms with Gasteiger partial charge in [-0.05, 0) is 39.2 Å². The van der Waals surface area contributed by atoms with E-state index in [2.05, 4.69) is 19.7 Å². The van der Waals surface area contributed by atoms with Crippen LogP contribution in [0.3, 0.4) is 0 Å². The van der Waals surface area contributed by atoms with E-state index in [0.717, 1.165) is 30.5 Å². The van der Waals surface area contributed by atoms with E-state index in [1.165, 1.54) is 11.3 Å². The Labute approximate surface area is 222 Å². The average molecular weight is 575 g/mol. The first-order valence-corrected chi connectivity index (χ1v) is 13.9. The number of carboxylic acid groups (broad SMARTS) is 1. The summed E-state index contributed by atoms with van der Waals surface area (Å²) in [5.74, 6) is -2.01. The molecule has 3 rings (SSSR count). The molecule has 3 aromatic rings. The van der Waals surface area contributed by atoms with Gasteiger partial charge in [-0.15, -0.1) is 11.3 Å². The van der Waals surface area contributed by atoms with Gasteiger partial charge < -0.3 is 14.9 Å². The average Bonchev–Trinajstić information content (AvgIpc) is 3.45. The van der Waals surface area contributed by atoms with Crippen molar-refractivity contribution in [1.82, 2.24) is 19.7 Å². The number of carbonyl (C=O) groups is 2. The highest BCUT2D eigenvalue weighted by Crippen LogP contribution is 2.28. The Hall–Kier alpha value is -3.10. The minimum absolute atomic E-state index is 0.173. The first-order valence-electron chi connectivity index (χ1n) is 11.6. The number of aryl methyl sites for hydroxylation is 2. The first kappa shape index (κ1) is 31.1. The maximum atomic E-state index is 13.1. The molecule has 0 spiro atoms. The Morgan fingerprint density at radius 3 is 2.29 bits per heavy atom. The van der Waals surface area contributed by atoms with Crippen molar-refractivity contribution in [3.8, 4) is 11.3 Å². The molecule has 1 aromatic carbocycles. The number of Topliss-reactive ketones (excluding diaryl/α,β-unsaturated/α-hetero) is 1. The molecular formula is C24H29F3N4O5S2. The van der Waals surface area contributed by atoms with Gasteiger partial charge in [0.2, 0.25) is 0 Å². The molecule has 0 amide bonds. The second-order valence-electron chi connectivity index (χ2n) is 8.43. The molecule has 0 bridgehead atoms. The number of hydrogen-bond acceptors (Lipinski definition) is 7. The van der Waals surface area contributed by atoms with Crippen LogP contribution in [-0.2, 0) is 19.6 Å². The lowest BCUT2D eigenvalue weighted by Gasteiger charge is -2.16. The Bertz CT molecular complexity index is 1320. The minimum atomic E-state index is -5.08. The molecule has 2 aromatic heterocycles. The number of thiazole rings is 1. The first-order chi connectivity index (χ1) is 17.7. The van der Waals surface area contributed by atoms with E-state index in [-0.39, 0.29) is 9.99 Å². The number of H-pyrrole nitrogens is 1. The van der Waals surface area contributed by atoms with E-state index >= 15 is 0 Å². The summed E-state index contributed by atoms with van der Waals surface area (Å²) in [5, 5.41) is 7.84. The fraction of sp³-hybridized carbons (Fsp3) is 0.417. The van der Waals surface area contributed by atoms with Crippen LogP contribution in [0, 0.1) is 13.8 Å². The zero-order valence-corrected chi connectivity index (χ0v) is 22.6. The predicted molar refractivity (Wildman–Crippen MR) is 136 cm³/mol. The lowest BCUT2D eigenvalue weighted by atomic mass is 10.1. The van der Waals surface area contributed by atoms with Crippen LogP contribution in [0.15, 0.2) is 40.7 Å². The number of unbranched alkanes of at least 4 members (excludes halogenated alkanes) is 2. The van der Waals surface area contributed by atoms with Gasteiger partial charge in [-0.1, -0.05) is 43.2 Å². The van der Waals surface area contributed by atoms with Crippen molar-refractivity contribution in [2.24, 2.45) is 0 Å². The van der Waals surface area contributed by atoms with Gasteiger partial charge in [0.15, 0.2) is 4.21 Å². The highest BCUT2D eigenvalue weighted by molar-refractivity contribution is 7.91. The van der Waals surface area contributed by atoms with Gasteiger partial charge in [0.25, 0.3) is 10.0 Å². The third-order valence-corrected chi connectivity index (χ3v) is 8.33. The van der Waals surface area contributed by atoms with Crippen molar-refractivity contribution in [1.29, 1.82) is 0 Å². The van der Waals surface area contributed by atoms with Crippen molar-refractivity contribution in [2.75, 3.05) is 0 Å². The molecule has 0 saturated heterocycles. The van der Waals surface area contributed by atoms with Gasteiger partial charge in [0.1, 0.15) is 11.6 Å². The standard InChI is InChI=1S/C22H28N4O3S2.C2HF3O2/c1-15(27)10-6-4-9-13-19(26-31(28,29)22-16(2)24-17(3)30-22)21-23-14-20(25-21)18-11-7-5-8-12-18;3-2(4,5)1(6)7/h5,7-8,11-12,14,19,26H,4,6,9-10,13H2,1-3H3,(H,23,25);(H,6,7)/t19-;/m0./s1. The Kier molecular flexibility index (Phi) is 11.2. The number of ketones is 1. The molecule has 0 aliphatic carbocycles. The van der Waals surface area contributed by atoms with Crippen LogP contribution in [0.25, 0.3) is 11.3 Å². The molecule has 9 nitrogen and oxygen atoms in total. The van der Waals surface area contributed by atoms with Crippen LogP contribution in [-0.4, -0.2) is 46.4 Å². The van der Waals surface area contributed by atoms with Crippen LogP contribution in [0.4, 0.5) is 13.2 Å². The van der Waals surface area contributed by atoms with Crippen LogP contribution >= 0.6 is 11.3 Å². The lowest BCUT2D eigenvalue weighted by molar-refractivity contribution is -0.192. The third kappa shape index (κ3) is 9.65. The topological polar surface area (TPSA) is 142 Å². The van der Waals surface area contributed by atoms with Crippen molar-refractivity contribution in [3.63, 3.8) is 0 Å². The summed E-state index contributed by atoms with van der Waals surface area (Å²) in [6, 6.07) is 9.28. The summed E-state index contributed by atoms with van der Waals surface area (Å²) >= 11 is 1.17. The van der Waals surface area contributed by atoms with Gasteiger partial charge >= 0.3 is 12.1 Å². The number of nitrogens with zero attached hydrogens (tertiary/aromatic N) is 2. The molecule has 208 valence electrons. The molecular weight excluding hydrogens is 545 g/mol. The maximum absolute atomic E-state index is 13.1. The largest absolute Gasteiger partial charge is 0.490 e. The number of aliphatic carboxylic acids is 1. The molecule has 14 heteroatoms. The van der Waals surface area contributed by atoms with Gasteiger partial charge in [0.05, 0.1) is 28.6 Å². The molecule has 0 fully saturated rings. The number of sulfonamides is 1. The van der Waals surface area contributed by atoms with Gasteiger partial charge in [0, 0.05) is 6.42 Å². The summed E-state index contributed by atoms with van der Waals surface area (Å²) in [6.07, 6.45) is 0.203. The van der Waals surface area contributed by atoms with E-state index in [1.807, 2.05) is 30.3 Å². The van der Waals surface area contributed by atoms with Gasteiger partial charge in [-0.25, -0.2) is 23.2 Å². The van der Waals surface area contributed by atoms with Crippen molar-refractivity contribution >= 4 is 33.1 Å². The van der Waals surface area contributed by atoms with Crippen molar-refractivity contribution in [2.45, 2.75) is 69.3 Å². The highest BCUT2D eigenvalue weighted by Gasteiger charge is 2.38. The number of carbonyl (C=O) groups excluding carboxylic acids is 1. The van der Waals surface area contributed by atoms with Gasteiger partial charge in [-0.2, -0.15) is 17.9 Å². The summed E-state index contributed by atoms with van der Waals surface area (Å²) in [7, 11) is -3.74. The lowest BCUT2D eigenvalue weighted by Crippen LogP contribution is -2.29. The van der Waals surface area contributed by atoms with E-state index in [1.54, 1.807) is 27.0 Å². The SMILES string of the molecule is CC(=O)CCCCC[C@H](NS(=O)(=O)c1sc(C)nc1C)c1ncc(-c2ccccc2)[nH]1.O=C(O)C(F)(F)F. The van der Waals surface area contributed by atoms with Crippen LogP contribution < -0.4 is 4.72 Å². The van der Waals surface area contributed by atoms with Crippen LogP contribution in [0.1, 0.15) is 61.6 Å². The van der Waals surface area contributed by atoms with E-state index < -0.39 is 28.2 Å². The molecule has 0 radical (unpaired) electrons. The molecule has 0 aliphatic heterocycles. The molecule has 0 aliphatic rings. The fourth-order valence-corrected chi connectivity index (χ4v) is 6.17. The van der Waals surface area contributed by atoms with E-state index in [0.29, 0.717) is 29.4 Å². The summed E-state index contributed by atoms with van der Waals surface area (Å²) in [6.45, 7) is 5.08. The number of nitrogens with one attached hydrogen (secondary N) is 2. The van der Waals surface area contributed by atoms with E-state index in [4.69, 9.17) is 9.90 Å². The molecule has 2 heterocycles. The predicted octanol–water partition coefficient (Wildman–Crippen LogP) is 5.34. The Morgan fingerprint density at radius 2 is 1.76 bits per heavy atom. The summed E-state index contributed by atoms with van der Waals surface area (Å²) in [4.78, 5) is 32.1. The van der Waals surface area contributed by atoms with Gasteiger partial charge in [-0.3, -0.25) is 0 Å². The smallest absolute Gasteiger partial charge is 0.475 e. The van der Waals surface area contributed by atoms with Crippen LogP contribution in [0.2, 0.25) is 0 Å². The van der Waals surface area contributed by atoms with Crippen LogP contribution in [0.5, 0.6) is 0 Å². The van der Waals surface area contributed by atoms with Crippen molar-refractivity contribution in [3.05, 3.63) is 53.1 Å². The zero-order valence-electron chi connectivity index (χ0n) is 21.0. The number of aromatic nitrogens is 3. The number of alkyl halides is 3. The number of rotatable bonds is 11. The monoisotopic (exact) mass is 574 g/mol. The normalized spacial score (nSPS) is 12.5. The highest BCUT2D eigenvalue weighted by atomic mass is 32.2. The molecule has 0 unspecified atom stereocenters. The fourth-order valence-electron chi connectivity index (χ4n) is 3.43. The zero-order chi connectivity index (χ0) is 28.5. The second kappa shape index (κ2) is 13.6. The maximum Gasteiger partial charge on any atom is 0.490 e. The van der Waals surface area contributed by atoms with E-state index in [9.17, 15) is 26.4 Å². The molecule has 1 atom stereocenters. The number of aromatic amines is 1. The summed E-state index contributed by atoms with van der Waals surface area (Å²) < 4.78 is 61.0. The number of benzene rings is 1. The minimum Gasteiger partial charge on any atom is -0.475 e. The number of hydrogen-bond donors (Lipinski definition) is 3. The number of imidazole rings is 1. The quantitative estimate of drug-likeness (QED) is 0.262. The molecule has 38 heavy (non-hydrogen) atoms. The Balaban J connectivity index is 0.000000638. The number of carboxylic acids is 1. The van der Waals surface area contributed by atoms with Crippen molar-refractivity contribution < 1.29 is 36.3 Å². The second-order valence-corrected chi connectivity index (χ2v) is 11.5. The molecule has 3 N–H and O–H groups in total. The summed E-state index contributed by atoms with van der Waals surface area (Å²) in [5.41, 5.74) is 2.32. The molecule has 0 saturated carbocycles. The Morgan fingerprint density at radius 1 is 1.13 bits per heavy atom. The third-order valence-electron chi connectivity index (χ3n) is 5.18.